The molecule has 0 radical (unpaired) electrons. The van der Waals surface area contributed by atoms with Crippen molar-refractivity contribution in [1.29, 1.82) is 0 Å². The zero-order chi connectivity index (χ0) is 12.2. The van der Waals surface area contributed by atoms with Crippen LogP contribution < -0.4 is 5.32 Å². The zero-order valence-corrected chi connectivity index (χ0v) is 11.5. The molecule has 6 heteroatoms. The van der Waals surface area contributed by atoms with Gasteiger partial charge in [0.2, 0.25) is 0 Å². The summed E-state index contributed by atoms with van der Waals surface area (Å²) in [6.45, 7) is 4.94. The van der Waals surface area contributed by atoms with Gasteiger partial charge in [0.1, 0.15) is 10.8 Å². The third-order valence-corrected chi connectivity index (χ3v) is 4.11. The van der Waals surface area contributed by atoms with Crippen molar-refractivity contribution < 1.29 is 8.42 Å². The number of aromatic nitrogens is 1. The largest absolute Gasteiger partial charge is 0.309 e. The smallest absolute Gasteiger partial charge is 0.153 e. The Morgan fingerprint density at radius 2 is 2.25 bits per heavy atom. The van der Waals surface area contributed by atoms with Crippen LogP contribution in [-0.2, 0) is 22.1 Å². The normalized spacial score (nSPS) is 13.9. The highest BCUT2D eigenvalue weighted by molar-refractivity contribution is 7.90. The monoisotopic (exact) mass is 262 g/mol. The lowest BCUT2D eigenvalue weighted by Gasteiger charge is -2.08. The molecule has 0 aliphatic carbocycles. The number of rotatable bonds is 6. The van der Waals surface area contributed by atoms with Gasteiger partial charge in [0.05, 0.1) is 5.69 Å². The second-order valence-electron chi connectivity index (χ2n) is 3.99. The van der Waals surface area contributed by atoms with Crippen LogP contribution in [0.15, 0.2) is 5.38 Å². The third-order valence-electron chi connectivity index (χ3n) is 2.23. The molecule has 1 rings (SSSR count). The van der Waals surface area contributed by atoms with Gasteiger partial charge >= 0.3 is 0 Å². The molecule has 0 aliphatic heterocycles. The lowest BCUT2D eigenvalue weighted by Crippen LogP contribution is -2.24. The number of hydrogen-bond donors (Lipinski definition) is 1. The topological polar surface area (TPSA) is 59.1 Å². The summed E-state index contributed by atoms with van der Waals surface area (Å²) in [4.78, 5) is 4.28. The molecule has 16 heavy (non-hydrogen) atoms. The first-order valence-electron chi connectivity index (χ1n) is 5.25. The van der Waals surface area contributed by atoms with E-state index in [1.165, 1.54) is 17.6 Å². The summed E-state index contributed by atoms with van der Waals surface area (Å²) in [6, 6.07) is 0.458. The summed E-state index contributed by atoms with van der Waals surface area (Å²) >= 11 is 1.41. The predicted molar refractivity (Wildman–Crippen MR) is 67.3 cm³/mol. The minimum absolute atomic E-state index is 0.0427. The van der Waals surface area contributed by atoms with E-state index in [9.17, 15) is 8.42 Å². The van der Waals surface area contributed by atoms with E-state index in [0.29, 0.717) is 17.6 Å². The van der Waals surface area contributed by atoms with Crippen molar-refractivity contribution in [2.45, 2.75) is 38.6 Å². The molecule has 0 aliphatic rings. The standard InChI is InChI=1S/C10H18N2O2S2/c1-4-8(2)11-5-9-6-15-10(12-9)7-16(3,13)14/h6,8,11H,4-5,7H2,1-3H3. The molecule has 0 spiro atoms. The third kappa shape index (κ3) is 5.05. The fourth-order valence-corrected chi connectivity index (χ4v) is 3.15. The van der Waals surface area contributed by atoms with Crippen LogP contribution in [0.4, 0.5) is 0 Å². The number of thiazole rings is 1. The van der Waals surface area contributed by atoms with Crippen molar-refractivity contribution >= 4 is 21.2 Å². The Kier molecular flexibility index (Phi) is 4.89. The molecule has 1 atom stereocenters. The molecule has 1 heterocycles. The Labute approximate surface area is 101 Å². The maximum Gasteiger partial charge on any atom is 0.153 e. The van der Waals surface area contributed by atoms with E-state index in [1.54, 1.807) is 0 Å². The molecule has 0 aromatic carbocycles. The lowest BCUT2D eigenvalue weighted by atomic mass is 10.2. The predicted octanol–water partition coefficient (Wildman–Crippen LogP) is 1.58. The fraction of sp³-hybridized carbons (Fsp3) is 0.700. The van der Waals surface area contributed by atoms with Crippen molar-refractivity contribution in [2.24, 2.45) is 0 Å². The van der Waals surface area contributed by atoms with Gasteiger partial charge in [-0.15, -0.1) is 11.3 Å². The lowest BCUT2D eigenvalue weighted by molar-refractivity contribution is 0.530. The van der Waals surface area contributed by atoms with Crippen LogP contribution >= 0.6 is 11.3 Å². The molecule has 1 aromatic rings. The van der Waals surface area contributed by atoms with E-state index in [2.05, 4.69) is 24.1 Å². The molecule has 1 unspecified atom stereocenters. The Morgan fingerprint density at radius 3 is 2.81 bits per heavy atom. The molecule has 0 amide bonds. The minimum Gasteiger partial charge on any atom is -0.309 e. The van der Waals surface area contributed by atoms with Crippen LogP contribution in [0.1, 0.15) is 31.0 Å². The average Bonchev–Trinajstić information content (AvgIpc) is 2.59. The van der Waals surface area contributed by atoms with E-state index in [4.69, 9.17) is 0 Å². The van der Waals surface area contributed by atoms with Crippen molar-refractivity contribution in [3.8, 4) is 0 Å². The van der Waals surface area contributed by atoms with Crippen LogP contribution in [0.2, 0.25) is 0 Å². The summed E-state index contributed by atoms with van der Waals surface area (Å²) in [6.07, 6.45) is 2.30. The molecule has 4 nitrogen and oxygen atoms in total. The van der Waals surface area contributed by atoms with Crippen LogP contribution in [0, 0.1) is 0 Å². The van der Waals surface area contributed by atoms with Crippen LogP contribution in [-0.4, -0.2) is 25.7 Å². The fourth-order valence-electron chi connectivity index (χ4n) is 1.14. The van der Waals surface area contributed by atoms with Gasteiger partial charge in [-0.05, 0) is 13.3 Å². The van der Waals surface area contributed by atoms with Gasteiger partial charge in [0.15, 0.2) is 9.84 Å². The van der Waals surface area contributed by atoms with E-state index >= 15 is 0 Å². The van der Waals surface area contributed by atoms with Crippen LogP contribution in [0.5, 0.6) is 0 Å². The first-order valence-corrected chi connectivity index (χ1v) is 8.19. The number of nitrogens with one attached hydrogen (secondary N) is 1. The van der Waals surface area contributed by atoms with Gasteiger partial charge in [0.25, 0.3) is 0 Å². The van der Waals surface area contributed by atoms with Crippen molar-refractivity contribution in [2.75, 3.05) is 6.26 Å². The SMILES string of the molecule is CCC(C)NCc1csc(CS(C)(=O)=O)n1. The molecule has 1 N–H and O–H groups in total. The summed E-state index contributed by atoms with van der Waals surface area (Å²) in [5.74, 6) is 0.0427. The Balaban J connectivity index is 2.52. The molecule has 1 aromatic heterocycles. The van der Waals surface area contributed by atoms with Crippen LogP contribution in [0.3, 0.4) is 0 Å². The van der Waals surface area contributed by atoms with Gasteiger partial charge in [-0.1, -0.05) is 6.92 Å². The van der Waals surface area contributed by atoms with Gasteiger partial charge in [0, 0.05) is 24.2 Å². The second kappa shape index (κ2) is 5.75. The quantitative estimate of drug-likeness (QED) is 0.845. The highest BCUT2D eigenvalue weighted by Crippen LogP contribution is 2.12. The molecule has 0 saturated heterocycles. The summed E-state index contributed by atoms with van der Waals surface area (Å²) < 4.78 is 22.1. The van der Waals surface area contributed by atoms with Crippen LogP contribution in [0.25, 0.3) is 0 Å². The summed E-state index contributed by atoms with van der Waals surface area (Å²) in [7, 11) is -2.97. The van der Waals surface area contributed by atoms with E-state index in [1.807, 2.05) is 5.38 Å². The number of nitrogens with zero attached hydrogens (tertiary/aromatic N) is 1. The van der Waals surface area contributed by atoms with Gasteiger partial charge in [-0.25, -0.2) is 13.4 Å². The molecule has 0 saturated carbocycles. The Hall–Kier alpha value is -0.460. The second-order valence-corrected chi connectivity index (χ2v) is 7.08. The number of hydrogen-bond acceptors (Lipinski definition) is 5. The average molecular weight is 262 g/mol. The zero-order valence-electron chi connectivity index (χ0n) is 9.86. The highest BCUT2D eigenvalue weighted by atomic mass is 32.2. The van der Waals surface area contributed by atoms with Gasteiger partial charge < -0.3 is 5.32 Å². The van der Waals surface area contributed by atoms with Crippen molar-refractivity contribution in [3.05, 3.63) is 16.1 Å². The minimum atomic E-state index is -2.97. The molecular weight excluding hydrogens is 244 g/mol. The molecule has 0 fully saturated rings. The van der Waals surface area contributed by atoms with Crippen molar-refractivity contribution in [3.63, 3.8) is 0 Å². The first-order chi connectivity index (χ1) is 7.40. The van der Waals surface area contributed by atoms with E-state index in [0.717, 1.165) is 12.1 Å². The van der Waals surface area contributed by atoms with E-state index in [-0.39, 0.29) is 5.75 Å². The maximum absolute atomic E-state index is 11.1. The first kappa shape index (κ1) is 13.6. The van der Waals surface area contributed by atoms with Crippen molar-refractivity contribution in [1.82, 2.24) is 10.3 Å². The highest BCUT2D eigenvalue weighted by Gasteiger charge is 2.09. The molecule has 0 bridgehead atoms. The molecule has 92 valence electrons. The Morgan fingerprint density at radius 1 is 1.56 bits per heavy atom. The maximum atomic E-state index is 11.1. The molecular formula is C10H18N2O2S2. The summed E-state index contributed by atoms with van der Waals surface area (Å²) in [5, 5.41) is 5.90. The van der Waals surface area contributed by atoms with E-state index < -0.39 is 9.84 Å². The Bertz CT molecular complexity index is 426. The van der Waals surface area contributed by atoms with Gasteiger partial charge in [-0.3, -0.25) is 0 Å². The number of sulfone groups is 1. The summed E-state index contributed by atoms with van der Waals surface area (Å²) in [5.41, 5.74) is 0.920. The van der Waals surface area contributed by atoms with Gasteiger partial charge in [-0.2, -0.15) is 0 Å².